The number of methoxy groups -OCH3 is 2. The van der Waals surface area contributed by atoms with E-state index in [0.717, 1.165) is 124 Å². The van der Waals surface area contributed by atoms with Gasteiger partial charge in [-0.1, -0.05) is 57.2 Å². The number of aromatic nitrogens is 2. The molecule has 0 unspecified atom stereocenters. The van der Waals surface area contributed by atoms with Gasteiger partial charge < -0.3 is 28.8 Å². The van der Waals surface area contributed by atoms with Gasteiger partial charge in [0.05, 0.1) is 32.2 Å². The van der Waals surface area contributed by atoms with Gasteiger partial charge in [-0.05, 0) is 264 Å². The second-order valence-corrected chi connectivity index (χ2v) is 31.1. The van der Waals surface area contributed by atoms with Gasteiger partial charge in [0.25, 0.3) is 0 Å². The normalized spacial score (nSPS) is 23.8. The molecule has 4 aliphatic carbocycles. The van der Waals surface area contributed by atoms with Crippen LogP contribution in [0, 0.1) is 48.0 Å². The Labute approximate surface area is 482 Å². The van der Waals surface area contributed by atoms with Crippen molar-refractivity contribution in [2.24, 2.45) is 23.7 Å². The van der Waals surface area contributed by atoms with Gasteiger partial charge in [0.2, 0.25) is 11.8 Å². The monoisotopic (exact) mass is 1190 g/mol. The lowest BCUT2D eigenvalue weighted by Crippen LogP contribution is -2.46. The van der Waals surface area contributed by atoms with E-state index in [2.05, 4.69) is 153 Å². The molecule has 0 saturated heterocycles. The van der Waals surface area contributed by atoms with Gasteiger partial charge >= 0.3 is 0 Å². The van der Waals surface area contributed by atoms with Crippen LogP contribution in [0.5, 0.6) is 11.5 Å². The minimum atomic E-state index is -1.79. The van der Waals surface area contributed by atoms with E-state index >= 15 is 0 Å². The number of hydrogen-bond acceptors (Lipinski definition) is 7. The van der Waals surface area contributed by atoms with Crippen molar-refractivity contribution in [3.05, 3.63) is 129 Å². The van der Waals surface area contributed by atoms with Gasteiger partial charge in [-0.15, -0.1) is 0 Å². The van der Waals surface area contributed by atoms with E-state index in [1.54, 1.807) is 14.2 Å². The van der Waals surface area contributed by atoms with Crippen LogP contribution in [0.15, 0.2) is 97.3 Å². The molecular weight excluding hydrogens is 1100 g/mol. The summed E-state index contributed by atoms with van der Waals surface area (Å²) in [4.78, 5) is 32.2. The van der Waals surface area contributed by atoms with Gasteiger partial charge in [0, 0.05) is 52.2 Å². The molecule has 9 rings (SSSR count). The van der Waals surface area contributed by atoms with Gasteiger partial charge in [-0.3, -0.25) is 9.59 Å². The van der Waals surface area contributed by atoms with Gasteiger partial charge in [-0.2, -0.15) is 5.10 Å². The third-order valence-electron chi connectivity index (χ3n) is 18.5. The number of carbonyl (C=O) groups is 2. The topological polar surface area (TPSA) is 106 Å². The molecule has 78 heavy (non-hydrogen) atoms. The maximum atomic E-state index is 14.1. The van der Waals surface area contributed by atoms with Crippen molar-refractivity contribution in [2.45, 2.75) is 186 Å². The van der Waals surface area contributed by atoms with Crippen LogP contribution in [-0.4, -0.2) is 74.5 Å². The highest BCUT2D eigenvalue weighted by Gasteiger charge is 2.41. The molecule has 0 atom stereocenters. The number of hydrogen-bond donors (Lipinski definition) is 1. The van der Waals surface area contributed by atoms with Crippen LogP contribution < -0.4 is 19.3 Å². The molecule has 0 spiro atoms. The number of halogens is 1. The molecule has 5 aromatic rings. The lowest BCUT2D eigenvalue weighted by Gasteiger charge is -2.41. The molecule has 0 radical (unpaired) electrons. The summed E-state index contributed by atoms with van der Waals surface area (Å²) in [5.74, 6) is 4.67. The second-order valence-electron chi connectivity index (χ2n) is 25.1. The molecule has 12 heteroatoms. The zero-order valence-electron chi connectivity index (χ0n) is 48.7. The van der Waals surface area contributed by atoms with E-state index in [0.29, 0.717) is 48.5 Å². The molecule has 0 bridgehead atoms. The highest BCUT2D eigenvalue weighted by Crippen LogP contribution is 2.43. The van der Waals surface area contributed by atoms with E-state index in [9.17, 15) is 14.7 Å². The van der Waals surface area contributed by atoms with E-state index in [1.165, 1.54) is 38.7 Å². The Morgan fingerprint density at radius 1 is 0.641 bits per heavy atom. The van der Waals surface area contributed by atoms with Crippen molar-refractivity contribution in [1.82, 2.24) is 9.78 Å². The van der Waals surface area contributed by atoms with Crippen LogP contribution >= 0.6 is 22.6 Å². The summed E-state index contributed by atoms with van der Waals surface area (Å²) in [6.07, 6.45) is 19.9. The van der Waals surface area contributed by atoms with Crippen LogP contribution in [0.2, 0.25) is 18.1 Å². The third-order valence-corrected chi connectivity index (χ3v) is 23.7. The van der Waals surface area contributed by atoms with Gasteiger partial charge in [-0.25, -0.2) is 4.68 Å². The van der Waals surface area contributed by atoms with Gasteiger partial charge in [0.1, 0.15) is 11.5 Å². The summed E-state index contributed by atoms with van der Waals surface area (Å²) >= 11 is 2.37. The summed E-state index contributed by atoms with van der Waals surface area (Å²) in [5.41, 5.74) is 9.30. The average Bonchev–Trinajstić information content (AvgIpc) is 3.89. The van der Waals surface area contributed by atoms with E-state index in [1.807, 2.05) is 41.0 Å². The predicted octanol–water partition coefficient (Wildman–Crippen LogP) is 15.9. The Hall–Kier alpha value is -4.50. The molecule has 0 aliphatic heterocycles. The van der Waals surface area contributed by atoms with Crippen molar-refractivity contribution in [3.63, 3.8) is 0 Å². The quantitative estimate of drug-likeness (QED) is 0.0822. The second kappa shape index (κ2) is 26.8. The Bertz CT molecular complexity index is 2760. The van der Waals surface area contributed by atoms with Crippen molar-refractivity contribution < 1.29 is 28.6 Å². The number of ether oxygens (including phenoxy) is 2. The number of carbonyl (C=O) groups excluding carboxylic acids is 2. The predicted molar refractivity (Wildman–Crippen MR) is 329 cm³/mol. The number of aryl methyl sites for hydroxylation is 3. The van der Waals surface area contributed by atoms with Crippen LogP contribution in [-0.2, 0) is 14.0 Å². The molecule has 4 saturated carbocycles. The minimum Gasteiger partial charge on any atom is -0.496 e. The van der Waals surface area contributed by atoms with E-state index < -0.39 is 8.32 Å². The molecule has 2 amide bonds. The molecule has 4 fully saturated rings. The molecule has 4 aliphatic rings. The van der Waals surface area contributed by atoms with Crippen molar-refractivity contribution >= 4 is 54.1 Å². The maximum absolute atomic E-state index is 14.1. The number of rotatable bonds is 15. The molecular formula is C66H91IN4O6Si. The first-order valence-corrected chi connectivity index (χ1v) is 33.4. The fourth-order valence-corrected chi connectivity index (χ4v) is 14.6. The standard InChI is InChI=1S/C34H50INO3Si.C32H41N3O3/c1-24-21-28(17-20-32(24)38-5)26-13-11-25(12-14-26)23-36(30-10-8-9-29(35)22-30)33(37)27-15-18-31(19-16-27)39-40(6,7)34(2,3)4;1-22-19-33-35(20-22)29-6-4-5-28(18-29)34(32(37)26-11-14-30(36)15-12-26)21-24-7-9-25(10-8-24)27-13-16-31(38-3)23(2)17-27/h8-10,17,20-22,25-27,31H,11-16,18-19,23H2,1-7H3;4-6,13,16-20,24-26,30,36H,7-12,14-15,21H2,1-3H3. The zero-order chi connectivity index (χ0) is 55.7. The number of amides is 2. The largest absolute Gasteiger partial charge is 0.496 e. The number of anilines is 2. The van der Waals surface area contributed by atoms with Crippen molar-refractivity contribution in [1.29, 1.82) is 0 Å². The Balaban J connectivity index is 0.000000206. The van der Waals surface area contributed by atoms with Gasteiger partial charge in [0.15, 0.2) is 8.32 Å². The van der Waals surface area contributed by atoms with Crippen LogP contribution in [0.1, 0.15) is 163 Å². The first-order chi connectivity index (χ1) is 37.3. The summed E-state index contributed by atoms with van der Waals surface area (Å²) < 4.78 is 20.7. The fraction of sp³-hybridized carbons (Fsp3) is 0.561. The Morgan fingerprint density at radius 3 is 1.55 bits per heavy atom. The Morgan fingerprint density at radius 2 is 1.12 bits per heavy atom. The van der Waals surface area contributed by atoms with Crippen LogP contribution in [0.3, 0.4) is 0 Å². The maximum Gasteiger partial charge on any atom is 0.230 e. The van der Waals surface area contributed by atoms with Crippen LogP contribution in [0.4, 0.5) is 11.4 Å². The van der Waals surface area contributed by atoms with Crippen molar-refractivity contribution in [3.8, 4) is 17.2 Å². The van der Waals surface area contributed by atoms with Crippen LogP contribution in [0.25, 0.3) is 5.69 Å². The van der Waals surface area contributed by atoms with E-state index in [-0.39, 0.29) is 28.9 Å². The minimum absolute atomic E-state index is 0.0207. The molecule has 1 aromatic heterocycles. The summed E-state index contributed by atoms with van der Waals surface area (Å²) in [7, 11) is 1.67. The molecule has 1 N–H and O–H groups in total. The molecule has 4 aromatic carbocycles. The first kappa shape index (κ1) is 59.6. The first-order valence-electron chi connectivity index (χ1n) is 29.4. The Kier molecular flexibility index (Phi) is 20.5. The van der Waals surface area contributed by atoms with E-state index in [4.69, 9.17) is 13.9 Å². The molecule has 422 valence electrons. The number of nitrogens with zero attached hydrogens (tertiary/aromatic N) is 4. The average molecular weight is 1190 g/mol. The third kappa shape index (κ3) is 15.3. The summed E-state index contributed by atoms with van der Waals surface area (Å²) in [5, 5.41) is 14.7. The number of benzene rings is 4. The summed E-state index contributed by atoms with van der Waals surface area (Å²) in [6.45, 7) is 19.4. The molecule has 10 nitrogen and oxygen atoms in total. The highest BCUT2D eigenvalue weighted by atomic mass is 127. The van der Waals surface area contributed by atoms with Crippen molar-refractivity contribution in [2.75, 3.05) is 37.1 Å². The SMILES string of the molecule is COc1ccc(C2CCC(CN(C(=O)C3CCC(O)CC3)c3cccc(-n4cc(C)cn4)c3)CC2)cc1C.COc1ccc(C2CCC(CN(C(=O)C3CCC(O[Si](C)(C)C(C)(C)C)CC3)c3cccc(I)c3)CC2)cc1C. The smallest absolute Gasteiger partial charge is 0.230 e. The molecule has 1 heterocycles. The lowest BCUT2D eigenvalue weighted by atomic mass is 9.78. The zero-order valence-corrected chi connectivity index (χ0v) is 51.9. The fourth-order valence-electron chi connectivity index (χ4n) is 12.6. The summed E-state index contributed by atoms with van der Waals surface area (Å²) in [6, 6.07) is 29.9. The lowest BCUT2D eigenvalue weighted by molar-refractivity contribution is -0.124. The number of aliphatic hydroxyl groups is 1. The number of aliphatic hydroxyl groups excluding tert-OH is 1. The highest BCUT2D eigenvalue weighted by molar-refractivity contribution is 14.1.